The molecule has 0 radical (unpaired) electrons. The smallest absolute Gasteiger partial charge is 0.355 e. The maximum Gasteiger partial charge on any atom is 0.355 e. The summed E-state index contributed by atoms with van der Waals surface area (Å²) < 4.78 is 13.0. The lowest BCUT2D eigenvalue weighted by Crippen LogP contribution is -2.05. The molecule has 0 aliphatic heterocycles. The third kappa shape index (κ3) is 4.74. The van der Waals surface area contributed by atoms with Crippen molar-refractivity contribution in [2.75, 3.05) is 0 Å². The number of tetrazole rings is 1. The molecule has 0 saturated carbocycles. The highest BCUT2D eigenvalue weighted by Gasteiger charge is 2.11. The van der Waals surface area contributed by atoms with Gasteiger partial charge in [0.05, 0.1) is 0 Å². The molecule has 9 heteroatoms. The number of carboxylic acids is 1. The molecule has 0 aliphatic rings. The number of aromatic carboxylic acids is 1. The Hall–Kier alpha value is -3.90. The van der Waals surface area contributed by atoms with Crippen LogP contribution in [0.5, 0.6) is 0 Å². The van der Waals surface area contributed by atoms with E-state index < -0.39 is 5.97 Å². The molecule has 2 aromatic carbocycles. The number of hydrogen-bond acceptors (Lipinski definition) is 6. The van der Waals surface area contributed by atoms with Crippen LogP contribution in [-0.2, 0) is 13.0 Å². The zero-order valence-corrected chi connectivity index (χ0v) is 16.3. The largest absolute Gasteiger partial charge is 0.476 e. The molecule has 30 heavy (non-hydrogen) atoms. The Labute approximate surface area is 174 Å². The summed E-state index contributed by atoms with van der Waals surface area (Å²) in [6, 6.07) is 13.7. The summed E-state index contributed by atoms with van der Waals surface area (Å²) in [7, 11) is 0. The first kappa shape index (κ1) is 19.4. The molecule has 2 heterocycles. The molecule has 7 nitrogen and oxygen atoms in total. The molecule has 4 aromatic rings. The Kier molecular flexibility index (Phi) is 5.59. The van der Waals surface area contributed by atoms with Gasteiger partial charge >= 0.3 is 5.97 Å². The maximum atomic E-state index is 13.0. The van der Waals surface area contributed by atoms with Crippen molar-refractivity contribution in [1.82, 2.24) is 25.2 Å². The number of halogens is 1. The summed E-state index contributed by atoms with van der Waals surface area (Å²) in [6.45, 7) is 0.238. The van der Waals surface area contributed by atoms with Gasteiger partial charge in [0, 0.05) is 22.9 Å². The zero-order chi connectivity index (χ0) is 20.9. The predicted octanol–water partition coefficient (Wildman–Crippen LogP) is 3.28. The van der Waals surface area contributed by atoms with Crippen LogP contribution < -0.4 is 0 Å². The molecule has 0 atom stereocenters. The lowest BCUT2D eigenvalue weighted by molar-refractivity contribution is 0.0691. The topological polar surface area (TPSA) is 93.8 Å². The molecule has 2 aromatic heterocycles. The molecule has 0 spiro atoms. The molecule has 0 saturated heterocycles. The fourth-order valence-corrected chi connectivity index (χ4v) is 3.36. The van der Waals surface area contributed by atoms with Crippen molar-refractivity contribution in [2.24, 2.45) is 0 Å². The fraction of sp³-hybridized carbons (Fsp3) is 0.0952. The van der Waals surface area contributed by atoms with Crippen LogP contribution in [0.2, 0.25) is 0 Å². The van der Waals surface area contributed by atoms with Crippen LogP contribution in [0.1, 0.15) is 26.6 Å². The van der Waals surface area contributed by atoms with Crippen LogP contribution in [-0.4, -0.2) is 36.3 Å². The Bertz CT molecular complexity index is 1250. The van der Waals surface area contributed by atoms with Crippen molar-refractivity contribution in [3.05, 3.63) is 81.6 Å². The van der Waals surface area contributed by atoms with E-state index in [9.17, 15) is 9.18 Å². The lowest BCUT2D eigenvalue weighted by Gasteiger charge is -1.97. The van der Waals surface area contributed by atoms with Crippen molar-refractivity contribution < 1.29 is 14.3 Å². The van der Waals surface area contributed by atoms with Crippen molar-refractivity contribution in [2.45, 2.75) is 13.0 Å². The first-order valence-electron chi connectivity index (χ1n) is 8.86. The molecular weight excluding hydrogens is 405 g/mol. The van der Waals surface area contributed by atoms with E-state index in [1.807, 2.05) is 24.3 Å². The van der Waals surface area contributed by atoms with Gasteiger partial charge in [-0.2, -0.15) is 4.80 Å². The molecular formula is C21H14FN5O2S. The summed E-state index contributed by atoms with van der Waals surface area (Å²) in [6.07, 6.45) is 0.519. The van der Waals surface area contributed by atoms with E-state index >= 15 is 0 Å². The highest BCUT2D eigenvalue weighted by Crippen LogP contribution is 2.16. The van der Waals surface area contributed by atoms with Crippen molar-refractivity contribution in [3.8, 4) is 23.2 Å². The van der Waals surface area contributed by atoms with Gasteiger partial charge in [-0.05, 0) is 35.0 Å². The van der Waals surface area contributed by atoms with E-state index in [0.29, 0.717) is 17.3 Å². The minimum Gasteiger partial charge on any atom is -0.476 e. The van der Waals surface area contributed by atoms with Gasteiger partial charge in [0.15, 0.2) is 5.69 Å². The number of nitrogens with zero attached hydrogens (tertiary/aromatic N) is 5. The Balaban J connectivity index is 1.45. The number of hydrogen-bond donors (Lipinski definition) is 1. The second kappa shape index (κ2) is 8.63. The van der Waals surface area contributed by atoms with Crippen LogP contribution >= 0.6 is 11.3 Å². The Morgan fingerprint density at radius 2 is 2.03 bits per heavy atom. The SMILES string of the molecule is O=C(O)c1csc(Cn2nnc(-c3cccc(C#CCc4ccc(F)cc4)c3)n2)n1. The summed E-state index contributed by atoms with van der Waals surface area (Å²) in [5.74, 6) is 5.27. The van der Waals surface area contributed by atoms with Crippen molar-refractivity contribution >= 4 is 17.3 Å². The number of carboxylic acid groups (broad SMARTS) is 1. The average Bonchev–Trinajstić information content (AvgIpc) is 3.40. The second-order valence-corrected chi connectivity index (χ2v) is 7.20. The number of rotatable bonds is 5. The minimum atomic E-state index is -1.07. The van der Waals surface area contributed by atoms with E-state index in [1.165, 1.54) is 33.6 Å². The van der Waals surface area contributed by atoms with Crippen molar-refractivity contribution in [3.63, 3.8) is 0 Å². The summed E-state index contributed by atoms with van der Waals surface area (Å²) in [5.41, 5.74) is 2.51. The fourth-order valence-electron chi connectivity index (χ4n) is 2.62. The van der Waals surface area contributed by atoms with Gasteiger partial charge in [-0.25, -0.2) is 14.2 Å². The highest BCUT2D eigenvalue weighted by atomic mass is 32.1. The highest BCUT2D eigenvalue weighted by molar-refractivity contribution is 7.09. The maximum absolute atomic E-state index is 13.0. The normalized spacial score (nSPS) is 10.4. The quantitative estimate of drug-likeness (QED) is 0.499. The number of carbonyl (C=O) groups is 1. The Morgan fingerprint density at radius 3 is 2.80 bits per heavy atom. The van der Waals surface area contributed by atoms with Crippen LogP contribution in [0.15, 0.2) is 53.9 Å². The molecule has 0 aliphatic carbocycles. The predicted molar refractivity (Wildman–Crippen MR) is 108 cm³/mol. The molecule has 1 N–H and O–H groups in total. The standard InChI is InChI=1S/C21H14FN5O2S/c22-17-9-7-14(8-10-17)3-1-4-15-5-2-6-16(11-15)20-24-26-27(25-20)12-19-23-18(13-30-19)21(28)29/h2,5-11,13H,3,12H2,(H,28,29). The number of aromatic nitrogens is 5. The molecule has 0 fully saturated rings. The van der Waals surface area contributed by atoms with Crippen LogP contribution in [0, 0.1) is 17.7 Å². The van der Waals surface area contributed by atoms with E-state index in [2.05, 4.69) is 32.2 Å². The van der Waals surface area contributed by atoms with Crippen LogP contribution in [0.3, 0.4) is 0 Å². The molecule has 0 unspecified atom stereocenters. The molecule has 148 valence electrons. The van der Waals surface area contributed by atoms with E-state index in [-0.39, 0.29) is 18.1 Å². The van der Waals surface area contributed by atoms with Crippen molar-refractivity contribution in [1.29, 1.82) is 0 Å². The minimum absolute atomic E-state index is 0.00208. The molecule has 0 bridgehead atoms. The number of thiazole rings is 1. The lowest BCUT2D eigenvalue weighted by atomic mass is 10.1. The second-order valence-electron chi connectivity index (χ2n) is 6.26. The number of benzene rings is 2. The molecule has 0 amide bonds. The first-order valence-corrected chi connectivity index (χ1v) is 9.74. The zero-order valence-electron chi connectivity index (χ0n) is 15.5. The average molecular weight is 419 g/mol. The van der Waals surface area contributed by atoms with E-state index in [1.54, 1.807) is 12.1 Å². The Morgan fingerprint density at radius 1 is 1.20 bits per heavy atom. The van der Waals surface area contributed by atoms with Crippen LogP contribution in [0.4, 0.5) is 4.39 Å². The van der Waals surface area contributed by atoms with E-state index in [4.69, 9.17) is 5.11 Å². The monoisotopic (exact) mass is 419 g/mol. The van der Waals surface area contributed by atoms with Gasteiger partial charge in [-0.3, -0.25) is 0 Å². The summed E-state index contributed by atoms with van der Waals surface area (Å²) in [4.78, 5) is 16.3. The van der Waals surface area contributed by atoms with Gasteiger partial charge in [0.25, 0.3) is 0 Å². The van der Waals surface area contributed by atoms with Gasteiger partial charge < -0.3 is 5.11 Å². The summed E-state index contributed by atoms with van der Waals surface area (Å²) >= 11 is 1.23. The third-order valence-corrected chi connectivity index (χ3v) is 4.89. The summed E-state index contributed by atoms with van der Waals surface area (Å²) in [5, 5.41) is 23.4. The van der Waals surface area contributed by atoms with Crippen LogP contribution in [0.25, 0.3) is 11.4 Å². The molecule has 4 rings (SSSR count). The third-order valence-electron chi connectivity index (χ3n) is 4.06. The van der Waals surface area contributed by atoms with Gasteiger partial charge in [-0.1, -0.05) is 36.1 Å². The van der Waals surface area contributed by atoms with E-state index in [0.717, 1.165) is 16.7 Å². The first-order chi connectivity index (χ1) is 14.6. The van der Waals surface area contributed by atoms with Gasteiger partial charge in [0.2, 0.25) is 5.82 Å². The van der Waals surface area contributed by atoms with Gasteiger partial charge in [0.1, 0.15) is 17.4 Å². The van der Waals surface area contributed by atoms with Gasteiger partial charge in [-0.15, -0.1) is 21.5 Å².